The van der Waals surface area contributed by atoms with E-state index in [0.717, 1.165) is 11.1 Å². The molecular weight excluding hydrogens is 521 g/mol. The monoisotopic (exact) mass is 548 g/mol. The minimum atomic E-state index is -2.89. The van der Waals surface area contributed by atoms with Crippen LogP contribution in [0.1, 0.15) is 23.6 Å². The Morgan fingerprint density at radius 1 is 1.19 bits per heavy atom. The first-order chi connectivity index (χ1) is 14.4. The summed E-state index contributed by atoms with van der Waals surface area (Å²) in [5.41, 5.74) is 7.49. The van der Waals surface area contributed by atoms with E-state index in [0.29, 0.717) is 30.4 Å². The second-order valence-corrected chi connectivity index (χ2v) is 6.44. The number of alkyl halides is 2. The van der Waals surface area contributed by atoms with Crippen molar-refractivity contribution in [2.45, 2.75) is 33.5 Å². The standard InChI is InChI=1S/C21H26F2N4O3.HI/c1-3-25-21(26-11-15-5-4-6-17(10-15)29-13-19(24)28)27-12-16-9-14(2)7-8-18(16)30-20(22)23;/h4-10,20H,3,11-13H2,1-2H3,(H2,24,28)(H2,25,26,27);1H. The predicted octanol–water partition coefficient (Wildman–Crippen LogP) is 3.33. The SMILES string of the molecule is CCNC(=NCc1cccc(OCC(N)=O)c1)NCc1cc(C)ccc1OC(F)F.I. The Morgan fingerprint density at radius 3 is 2.65 bits per heavy atom. The maximum Gasteiger partial charge on any atom is 0.387 e. The van der Waals surface area contributed by atoms with Gasteiger partial charge in [-0.05, 0) is 37.6 Å². The Balaban J connectivity index is 0.00000480. The van der Waals surface area contributed by atoms with Crippen LogP contribution in [0.4, 0.5) is 8.78 Å². The highest BCUT2D eigenvalue weighted by Crippen LogP contribution is 2.22. The summed E-state index contributed by atoms with van der Waals surface area (Å²) in [6, 6.07) is 12.2. The molecule has 0 aliphatic heterocycles. The topological polar surface area (TPSA) is 98.0 Å². The molecule has 31 heavy (non-hydrogen) atoms. The number of hydrogen-bond donors (Lipinski definition) is 3. The van der Waals surface area contributed by atoms with Crippen LogP contribution in [0.15, 0.2) is 47.5 Å². The lowest BCUT2D eigenvalue weighted by Crippen LogP contribution is -2.36. The minimum Gasteiger partial charge on any atom is -0.484 e. The molecule has 170 valence electrons. The van der Waals surface area contributed by atoms with E-state index in [-0.39, 0.29) is 42.9 Å². The van der Waals surface area contributed by atoms with Crippen LogP contribution in [0.5, 0.6) is 11.5 Å². The molecule has 10 heteroatoms. The van der Waals surface area contributed by atoms with E-state index in [1.165, 1.54) is 6.07 Å². The first kappa shape index (κ1) is 26.4. The van der Waals surface area contributed by atoms with E-state index in [4.69, 9.17) is 10.5 Å². The third-order valence-corrected chi connectivity index (χ3v) is 3.92. The molecule has 0 aromatic heterocycles. The number of ether oxygens (including phenoxy) is 2. The highest BCUT2D eigenvalue weighted by molar-refractivity contribution is 14.0. The van der Waals surface area contributed by atoms with E-state index < -0.39 is 12.5 Å². The van der Waals surface area contributed by atoms with Crippen molar-refractivity contribution in [1.29, 1.82) is 0 Å². The fourth-order valence-corrected chi connectivity index (χ4v) is 2.64. The zero-order valence-electron chi connectivity index (χ0n) is 17.4. The lowest BCUT2D eigenvalue weighted by molar-refractivity contribution is -0.119. The van der Waals surface area contributed by atoms with Gasteiger partial charge in [-0.15, -0.1) is 24.0 Å². The van der Waals surface area contributed by atoms with Crippen molar-refractivity contribution < 1.29 is 23.0 Å². The third-order valence-electron chi connectivity index (χ3n) is 3.92. The van der Waals surface area contributed by atoms with Crippen molar-refractivity contribution in [2.75, 3.05) is 13.2 Å². The maximum atomic E-state index is 12.6. The van der Waals surface area contributed by atoms with Gasteiger partial charge in [0.15, 0.2) is 12.6 Å². The van der Waals surface area contributed by atoms with Crippen LogP contribution in [0.3, 0.4) is 0 Å². The molecule has 2 rings (SSSR count). The van der Waals surface area contributed by atoms with E-state index in [2.05, 4.69) is 20.4 Å². The summed E-state index contributed by atoms with van der Waals surface area (Å²) in [6.45, 7) is 1.94. The second-order valence-electron chi connectivity index (χ2n) is 6.44. The average molecular weight is 548 g/mol. The van der Waals surface area contributed by atoms with Gasteiger partial charge in [-0.1, -0.05) is 29.8 Å². The first-order valence-electron chi connectivity index (χ1n) is 9.44. The first-order valence-corrected chi connectivity index (χ1v) is 9.44. The van der Waals surface area contributed by atoms with E-state index in [1.54, 1.807) is 30.3 Å². The number of nitrogens with zero attached hydrogens (tertiary/aromatic N) is 1. The van der Waals surface area contributed by atoms with Gasteiger partial charge in [-0.2, -0.15) is 8.78 Å². The van der Waals surface area contributed by atoms with Crippen LogP contribution >= 0.6 is 24.0 Å². The largest absolute Gasteiger partial charge is 0.484 e. The zero-order valence-corrected chi connectivity index (χ0v) is 19.7. The van der Waals surface area contributed by atoms with Crippen molar-refractivity contribution in [3.05, 3.63) is 59.2 Å². The molecule has 0 fully saturated rings. The summed E-state index contributed by atoms with van der Waals surface area (Å²) in [5, 5.41) is 6.23. The number of halogens is 3. The van der Waals surface area contributed by atoms with Crippen LogP contribution in [-0.2, 0) is 17.9 Å². The highest BCUT2D eigenvalue weighted by Gasteiger charge is 2.10. The van der Waals surface area contributed by atoms with Gasteiger partial charge in [0.25, 0.3) is 5.91 Å². The number of nitrogens with one attached hydrogen (secondary N) is 2. The number of carbonyl (C=O) groups is 1. The fourth-order valence-electron chi connectivity index (χ4n) is 2.64. The Hall–Kier alpha value is -2.63. The molecule has 0 atom stereocenters. The van der Waals surface area contributed by atoms with Crippen LogP contribution in [0.25, 0.3) is 0 Å². The molecule has 2 aromatic rings. The third kappa shape index (κ3) is 9.81. The Bertz CT molecular complexity index is 881. The zero-order chi connectivity index (χ0) is 21.9. The van der Waals surface area contributed by atoms with Crippen molar-refractivity contribution in [3.8, 4) is 11.5 Å². The molecule has 1 amide bonds. The molecular formula is C21H27F2IN4O3. The average Bonchev–Trinajstić information content (AvgIpc) is 2.70. The summed E-state index contributed by atoms with van der Waals surface area (Å²) in [4.78, 5) is 15.4. The van der Waals surface area contributed by atoms with Crippen molar-refractivity contribution in [2.24, 2.45) is 10.7 Å². The number of aryl methyl sites for hydroxylation is 1. The van der Waals surface area contributed by atoms with Crippen molar-refractivity contribution >= 4 is 35.8 Å². The Morgan fingerprint density at radius 2 is 1.97 bits per heavy atom. The van der Waals surface area contributed by atoms with Gasteiger partial charge in [-0.25, -0.2) is 4.99 Å². The van der Waals surface area contributed by atoms with Crippen molar-refractivity contribution in [1.82, 2.24) is 10.6 Å². The van der Waals surface area contributed by atoms with E-state index >= 15 is 0 Å². The lowest BCUT2D eigenvalue weighted by Gasteiger charge is -2.15. The molecule has 4 N–H and O–H groups in total. The molecule has 0 saturated heterocycles. The van der Waals surface area contributed by atoms with Crippen LogP contribution < -0.4 is 25.8 Å². The number of primary amides is 1. The summed E-state index contributed by atoms with van der Waals surface area (Å²) in [7, 11) is 0. The Labute approximate surface area is 197 Å². The van der Waals surface area contributed by atoms with Gasteiger partial charge < -0.3 is 25.8 Å². The van der Waals surface area contributed by atoms with Gasteiger partial charge >= 0.3 is 6.61 Å². The number of guanidine groups is 1. The van der Waals surface area contributed by atoms with Gasteiger partial charge in [0.2, 0.25) is 0 Å². The molecule has 0 saturated carbocycles. The molecule has 7 nitrogen and oxygen atoms in total. The van der Waals surface area contributed by atoms with Crippen molar-refractivity contribution in [3.63, 3.8) is 0 Å². The molecule has 2 aromatic carbocycles. The quantitative estimate of drug-likeness (QED) is 0.241. The predicted molar refractivity (Wildman–Crippen MR) is 126 cm³/mol. The molecule has 0 radical (unpaired) electrons. The van der Waals surface area contributed by atoms with E-state index in [9.17, 15) is 13.6 Å². The van der Waals surface area contributed by atoms with Gasteiger partial charge in [0.05, 0.1) is 6.54 Å². The molecule has 0 heterocycles. The highest BCUT2D eigenvalue weighted by atomic mass is 127. The van der Waals surface area contributed by atoms with Crippen LogP contribution in [-0.4, -0.2) is 31.6 Å². The summed E-state index contributed by atoms with van der Waals surface area (Å²) in [6.07, 6.45) is 0. The number of hydrogen-bond acceptors (Lipinski definition) is 4. The molecule has 0 bridgehead atoms. The lowest BCUT2D eigenvalue weighted by atomic mass is 10.1. The summed E-state index contributed by atoms with van der Waals surface area (Å²) >= 11 is 0. The number of nitrogens with two attached hydrogens (primary N) is 1. The van der Waals surface area contributed by atoms with Crippen LogP contribution in [0, 0.1) is 6.92 Å². The molecule has 0 spiro atoms. The number of carbonyl (C=O) groups excluding carboxylic acids is 1. The summed E-state index contributed by atoms with van der Waals surface area (Å²) in [5.74, 6) is 0.611. The van der Waals surface area contributed by atoms with Crippen LogP contribution in [0.2, 0.25) is 0 Å². The number of benzene rings is 2. The normalized spacial score (nSPS) is 10.9. The molecule has 0 aliphatic rings. The second kappa shape index (κ2) is 13.6. The van der Waals surface area contributed by atoms with Gasteiger partial charge in [0.1, 0.15) is 11.5 Å². The van der Waals surface area contributed by atoms with E-state index in [1.807, 2.05) is 19.9 Å². The summed E-state index contributed by atoms with van der Waals surface area (Å²) < 4.78 is 35.2. The Kier molecular flexibility index (Phi) is 11.6. The smallest absolute Gasteiger partial charge is 0.387 e. The maximum absolute atomic E-state index is 12.6. The minimum absolute atomic E-state index is 0. The van der Waals surface area contributed by atoms with Gasteiger partial charge in [0, 0.05) is 18.7 Å². The molecule has 0 unspecified atom stereocenters. The fraction of sp³-hybridized carbons (Fsp3) is 0.333. The number of aliphatic imine (C=N–C) groups is 1. The van der Waals surface area contributed by atoms with Gasteiger partial charge in [-0.3, -0.25) is 4.79 Å². The number of amides is 1. The molecule has 0 aliphatic carbocycles. The number of rotatable bonds is 10.